The first-order valence-corrected chi connectivity index (χ1v) is 18.4. The lowest BCUT2D eigenvalue weighted by atomic mass is 10.1. The van der Waals surface area contributed by atoms with E-state index in [0.717, 1.165) is 32.8 Å². The molecular weight excluding hydrogens is 572 g/mol. The Hall–Kier alpha value is 0.320. The van der Waals surface area contributed by atoms with Crippen molar-refractivity contribution in [2.24, 2.45) is 0 Å². The summed E-state index contributed by atoms with van der Waals surface area (Å²) >= 11 is 0. The third-order valence-electron chi connectivity index (χ3n) is 9.07. The third-order valence-corrected chi connectivity index (χ3v) is 9.07. The molecule has 0 radical (unpaired) electrons. The zero-order chi connectivity index (χ0) is 28.9. The lowest BCUT2D eigenvalue weighted by molar-refractivity contribution is -0.108. The highest BCUT2D eigenvalue weighted by Gasteiger charge is 2.31. The molecule has 0 aromatic rings. The maximum Gasteiger partial charge on any atom is 0.108 e. The van der Waals surface area contributed by atoms with Gasteiger partial charge in [0.1, 0.15) is 6.23 Å². The molecule has 1 saturated heterocycles. The molecule has 4 nitrogen and oxygen atoms in total. The molecule has 0 aromatic heterocycles. The second-order valence-corrected chi connectivity index (χ2v) is 12.8. The van der Waals surface area contributed by atoms with Gasteiger partial charge < -0.3 is 14.8 Å². The Morgan fingerprint density at radius 3 is 1.34 bits per heavy atom. The molecule has 0 aromatic carbocycles. The molecule has 5 heteroatoms. The fourth-order valence-electron chi connectivity index (χ4n) is 6.24. The van der Waals surface area contributed by atoms with Gasteiger partial charge in [0.15, 0.2) is 0 Å². The molecule has 1 aliphatic heterocycles. The van der Waals surface area contributed by atoms with Gasteiger partial charge in [-0.15, -0.1) is 17.0 Å². The van der Waals surface area contributed by atoms with Crippen LogP contribution >= 0.6 is 17.0 Å². The molecule has 0 amide bonds. The van der Waals surface area contributed by atoms with E-state index >= 15 is 0 Å². The molecule has 1 aliphatic rings. The summed E-state index contributed by atoms with van der Waals surface area (Å²) in [7, 11) is 0. The highest BCUT2D eigenvalue weighted by molar-refractivity contribution is 8.93. The molecule has 3 atom stereocenters. The maximum atomic E-state index is 6.34. The standard InChI is InChI=1S/C36H74N2O2.BrH/c1-5-7-9-11-13-15-17-19-21-23-25-27-31-39-34(3)36-33-37-29-30-38(36)35(4)40-32-28-26-24-22-20-18-16-14-12-10-8-6-2;/h34-37H,5-33H2,1-4H3;1H. The summed E-state index contributed by atoms with van der Waals surface area (Å²) in [6, 6.07) is 0.406. The van der Waals surface area contributed by atoms with Gasteiger partial charge in [-0.3, -0.25) is 4.90 Å². The van der Waals surface area contributed by atoms with Crippen molar-refractivity contribution in [2.75, 3.05) is 32.8 Å². The fraction of sp³-hybridized carbons (Fsp3) is 1.00. The van der Waals surface area contributed by atoms with Crippen molar-refractivity contribution in [3.63, 3.8) is 0 Å². The van der Waals surface area contributed by atoms with E-state index in [9.17, 15) is 0 Å². The summed E-state index contributed by atoms with van der Waals surface area (Å²) in [5.74, 6) is 0. The Labute approximate surface area is 269 Å². The quantitative estimate of drug-likeness (QED) is 0.0787. The number of nitrogens with one attached hydrogen (secondary N) is 1. The Morgan fingerprint density at radius 1 is 0.561 bits per heavy atom. The van der Waals surface area contributed by atoms with E-state index < -0.39 is 0 Å². The number of hydrogen-bond acceptors (Lipinski definition) is 4. The first-order valence-electron chi connectivity index (χ1n) is 18.4. The smallest absolute Gasteiger partial charge is 0.108 e. The number of piperazine rings is 1. The summed E-state index contributed by atoms with van der Waals surface area (Å²) in [4.78, 5) is 2.55. The van der Waals surface area contributed by atoms with Gasteiger partial charge in [-0.2, -0.15) is 0 Å². The predicted molar refractivity (Wildman–Crippen MR) is 187 cm³/mol. The second-order valence-electron chi connectivity index (χ2n) is 12.8. The van der Waals surface area contributed by atoms with Crippen LogP contribution in [0.3, 0.4) is 0 Å². The molecule has 1 fully saturated rings. The van der Waals surface area contributed by atoms with E-state index in [-0.39, 0.29) is 29.3 Å². The largest absolute Gasteiger partial charge is 0.377 e. The number of ether oxygens (including phenoxy) is 2. The average molecular weight is 648 g/mol. The van der Waals surface area contributed by atoms with E-state index in [0.29, 0.717) is 6.04 Å². The third kappa shape index (κ3) is 24.3. The molecule has 0 saturated carbocycles. The molecule has 1 N–H and O–H groups in total. The normalized spacial score (nSPS) is 17.4. The van der Waals surface area contributed by atoms with Crippen molar-refractivity contribution in [2.45, 2.75) is 200 Å². The number of unbranched alkanes of at least 4 members (excludes halogenated alkanes) is 22. The molecule has 248 valence electrons. The summed E-state index contributed by atoms with van der Waals surface area (Å²) in [6.45, 7) is 14.0. The molecular formula is C36H75BrN2O2. The Bertz CT molecular complexity index is 466. The predicted octanol–water partition coefficient (Wildman–Crippen LogP) is 11.0. The topological polar surface area (TPSA) is 33.7 Å². The van der Waals surface area contributed by atoms with Gasteiger partial charge in [0.2, 0.25) is 0 Å². The van der Waals surface area contributed by atoms with Crippen molar-refractivity contribution in [3.8, 4) is 0 Å². The lowest BCUT2D eigenvalue weighted by Gasteiger charge is -2.42. The first kappa shape index (κ1) is 41.3. The van der Waals surface area contributed by atoms with Crippen LogP contribution in [0.4, 0.5) is 0 Å². The molecule has 3 unspecified atom stereocenters. The van der Waals surface area contributed by atoms with Crippen LogP contribution in [0.15, 0.2) is 0 Å². The van der Waals surface area contributed by atoms with Crippen LogP contribution in [0.1, 0.15) is 182 Å². The number of hydrogen-bond donors (Lipinski definition) is 1. The van der Waals surface area contributed by atoms with E-state index in [1.165, 1.54) is 154 Å². The van der Waals surface area contributed by atoms with Crippen LogP contribution in [0, 0.1) is 0 Å². The summed E-state index contributed by atoms with van der Waals surface area (Å²) in [5.41, 5.74) is 0. The molecule has 0 aliphatic carbocycles. The fourth-order valence-corrected chi connectivity index (χ4v) is 6.24. The van der Waals surface area contributed by atoms with Gasteiger partial charge in [0.25, 0.3) is 0 Å². The van der Waals surface area contributed by atoms with Gasteiger partial charge in [-0.1, -0.05) is 155 Å². The van der Waals surface area contributed by atoms with Gasteiger partial charge in [-0.25, -0.2) is 0 Å². The van der Waals surface area contributed by atoms with Crippen molar-refractivity contribution in [3.05, 3.63) is 0 Å². The van der Waals surface area contributed by atoms with Crippen LogP contribution < -0.4 is 5.32 Å². The van der Waals surface area contributed by atoms with E-state index in [2.05, 4.69) is 37.9 Å². The van der Waals surface area contributed by atoms with Crippen LogP contribution in [0.25, 0.3) is 0 Å². The minimum atomic E-state index is 0. The van der Waals surface area contributed by atoms with Gasteiger partial charge >= 0.3 is 0 Å². The highest BCUT2D eigenvalue weighted by atomic mass is 79.9. The minimum absolute atomic E-state index is 0. The van der Waals surface area contributed by atoms with Gasteiger partial charge in [0, 0.05) is 32.8 Å². The summed E-state index contributed by atoms with van der Waals surface area (Å²) in [6.07, 6.45) is 33.8. The van der Waals surface area contributed by atoms with E-state index in [1.54, 1.807) is 0 Å². The van der Waals surface area contributed by atoms with E-state index in [1.807, 2.05) is 0 Å². The van der Waals surface area contributed by atoms with Crippen LogP contribution in [-0.4, -0.2) is 56.1 Å². The van der Waals surface area contributed by atoms with Crippen LogP contribution in [0.2, 0.25) is 0 Å². The van der Waals surface area contributed by atoms with Crippen molar-refractivity contribution in [1.29, 1.82) is 0 Å². The average Bonchev–Trinajstić information content (AvgIpc) is 2.97. The summed E-state index contributed by atoms with van der Waals surface area (Å²) < 4.78 is 12.7. The molecule has 0 spiro atoms. The maximum absolute atomic E-state index is 6.34. The SMILES string of the molecule is Br.CCCCCCCCCCCCCCOC(C)C1CNCCN1C(C)OCCCCCCCCCCCCCC. The minimum Gasteiger partial charge on any atom is -0.377 e. The Balaban J connectivity index is 0.0000160. The number of nitrogens with zero attached hydrogens (tertiary/aromatic N) is 1. The molecule has 1 rings (SSSR count). The van der Waals surface area contributed by atoms with E-state index in [4.69, 9.17) is 9.47 Å². The first-order chi connectivity index (χ1) is 19.7. The highest BCUT2D eigenvalue weighted by Crippen LogP contribution is 2.18. The van der Waals surface area contributed by atoms with Crippen molar-refractivity contribution < 1.29 is 9.47 Å². The van der Waals surface area contributed by atoms with Gasteiger partial charge in [-0.05, 0) is 26.7 Å². The Kier molecular flexibility index (Phi) is 32.0. The van der Waals surface area contributed by atoms with Gasteiger partial charge in [0.05, 0.1) is 12.1 Å². The lowest BCUT2D eigenvalue weighted by Crippen LogP contribution is -2.59. The van der Waals surface area contributed by atoms with Crippen LogP contribution in [-0.2, 0) is 9.47 Å². The number of rotatable bonds is 30. The zero-order valence-electron chi connectivity index (χ0n) is 28.4. The molecule has 1 heterocycles. The second kappa shape index (κ2) is 31.7. The number of halogens is 1. The summed E-state index contributed by atoms with van der Waals surface area (Å²) in [5, 5.41) is 3.59. The monoisotopic (exact) mass is 647 g/mol. The van der Waals surface area contributed by atoms with Crippen molar-refractivity contribution in [1.82, 2.24) is 10.2 Å². The zero-order valence-corrected chi connectivity index (χ0v) is 30.1. The molecule has 41 heavy (non-hydrogen) atoms. The van der Waals surface area contributed by atoms with Crippen LogP contribution in [0.5, 0.6) is 0 Å². The Morgan fingerprint density at radius 2 is 0.927 bits per heavy atom. The molecule has 0 bridgehead atoms. The van der Waals surface area contributed by atoms with Crippen molar-refractivity contribution >= 4 is 17.0 Å².